The van der Waals surface area contributed by atoms with Crippen molar-refractivity contribution in [2.45, 2.75) is 37.8 Å². The molecule has 7 heteroatoms. The van der Waals surface area contributed by atoms with Gasteiger partial charge in [0, 0.05) is 6.04 Å². The molecule has 0 radical (unpaired) electrons. The molecule has 0 bridgehead atoms. The maximum absolute atomic E-state index is 10.4. The van der Waals surface area contributed by atoms with Crippen molar-refractivity contribution >= 4 is 10.1 Å². The van der Waals surface area contributed by atoms with Crippen molar-refractivity contribution in [1.82, 2.24) is 5.32 Å². The number of hydrogen-bond donors (Lipinski definition) is 2. The number of hydrogen-bond acceptors (Lipinski definition) is 5. The van der Waals surface area contributed by atoms with Crippen LogP contribution in [0.3, 0.4) is 0 Å². The average Bonchev–Trinajstić information content (AvgIpc) is 2.62. The molecular weight excluding hydrogens is 217 g/mol. The molecule has 0 aromatic carbocycles. The fraction of sp³-hybridized carbons (Fsp3) is 1.00. The molecule has 1 saturated heterocycles. The van der Waals surface area contributed by atoms with Crippen LogP contribution in [0.4, 0.5) is 0 Å². The molecule has 5 nitrogen and oxygen atoms in total. The monoisotopic (exact) mass is 231 g/mol. The van der Waals surface area contributed by atoms with E-state index in [-0.39, 0.29) is 35.6 Å². The summed E-state index contributed by atoms with van der Waals surface area (Å²) in [5.74, 6) is 0.420. The smallest absolute Gasteiger partial charge is 0.746 e. The van der Waals surface area contributed by atoms with Crippen LogP contribution >= 0.6 is 0 Å². The molecule has 1 rings (SSSR count). The minimum absolute atomic E-state index is 0. The summed E-state index contributed by atoms with van der Waals surface area (Å²) in [6, 6.07) is -0.594. The van der Waals surface area contributed by atoms with Gasteiger partial charge in [-0.25, -0.2) is 8.42 Å². The van der Waals surface area contributed by atoms with Crippen LogP contribution in [0.15, 0.2) is 0 Å². The van der Waals surface area contributed by atoms with Crippen LogP contribution in [0, 0.1) is 5.92 Å². The van der Waals surface area contributed by atoms with E-state index in [1.165, 1.54) is 0 Å². The van der Waals surface area contributed by atoms with Crippen molar-refractivity contribution in [2.75, 3.05) is 0 Å². The van der Waals surface area contributed by atoms with Crippen molar-refractivity contribution in [3.05, 3.63) is 0 Å². The summed E-state index contributed by atoms with van der Waals surface area (Å²) in [4.78, 5) is 0. The van der Waals surface area contributed by atoms with Crippen molar-refractivity contribution < 1.29 is 47.6 Å². The zero-order valence-corrected chi connectivity index (χ0v) is 11.4. The van der Waals surface area contributed by atoms with Gasteiger partial charge in [-0.15, -0.1) is 0 Å². The predicted molar refractivity (Wildman–Crippen MR) is 45.9 cm³/mol. The third-order valence-corrected chi connectivity index (χ3v) is 2.94. The third kappa shape index (κ3) is 4.14. The molecule has 1 aliphatic rings. The third-order valence-electron chi connectivity index (χ3n) is 2.06. The maximum atomic E-state index is 10.4. The van der Waals surface area contributed by atoms with Gasteiger partial charge in [-0.1, -0.05) is 13.8 Å². The van der Waals surface area contributed by atoms with E-state index in [0.717, 1.165) is 6.42 Å². The molecule has 1 aliphatic heterocycles. The Labute approximate surface area is 106 Å². The SMILES string of the molecule is CC(C)C[C@H]1N[C@@H]1C(O)S(=O)(=O)[O-].[Na+]. The summed E-state index contributed by atoms with van der Waals surface area (Å²) >= 11 is 0. The van der Waals surface area contributed by atoms with E-state index in [9.17, 15) is 13.0 Å². The Morgan fingerprint density at radius 1 is 1.50 bits per heavy atom. The molecule has 0 aliphatic carbocycles. The van der Waals surface area contributed by atoms with E-state index >= 15 is 0 Å². The first-order valence-electron chi connectivity index (χ1n) is 4.21. The topological polar surface area (TPSA) is 99.4 Å². The first-order valence-corrected chi connectivity index (χ1v) is 5.68. The number of rotatable bonds is 4. The van der Waals surface area contributed by atoms with E-state index in [4.69, 9.17) is 5.11 Å². The fourth-order valence-corrected chi connectivity index (χ4v) is 2.00. The average molecular weight is 231 g/mol. The molecule has 14 heavy (non-hydrogen) atoms. The number of aliphatic hydroxyl groups excluding tert-OH is 1. The zero-order valence-electron chi connectivity index (χ0n) is 8.60. The second kappa shape index (κ2) is 5.25. The van der Waals surface area contributed by atoms with Crippen molar-refractivity contribution in [1.29, 1.82) is 0 Å². The van der Waals surface area contributed by atoms with Crippen molar-refractivity contribution in [2.24, 2.45) is 5.92 Å². The van der Waals surface area contributed by atoms with Gasteiger partial charge in [0.1, 0.15) is 10.1 Å². The predicted octanol–water partition coefficient (Wildman–Crippen LogP) is -3.76. The summed E-state index contributed by atoms with van der Waals surface area (Å²) in [6.07, 6.45) is 0.775. The van der Waals surface area contributed by atoms with Gasteiger partial charge in [0.25, 0.3) is 0 Å². The van der Waals surface area contributed by atoms with Crippen molar-refractivity contribution in [3.8, 4) is 0 Å². The van der Waals surface area contributed by atoms with Gasteiger partial charge in [0.15, 0.2) is 5.44 Å². The van der Waals surface area contributed by atoms with Crippen LogP contribution in [-0.4, -0.2) is 35.6 Å². The minimum Gasteiger partial charge on any atom is -0.746 e. The Morgan fingerprint density at radius 2 is 2.00 bits per heavy atom. The van der Waals surface area contributed by atoms with E-state index < -0.39 is 21.6 Å². The molecule has 78 valence electrons. The van der Waals surface area contributed by atoms with Crippen LogP contribution in [-0.2, 0) is 10.1 Å². The van der Waals surface area contributed by atoms with Crippen LogP contribution in [0.25, 0.3) is 0 Å². The molecule has 3 atom stereocenters. The molecule has 2 N–H and O–H groups in total. The largest absolute Gasteiger partial charge is 1.00 e. The van der Waals surface area contributed by atoms with E-state index in [2.05, 4.69) is 5.32 Å². The first-order chi connectivity index (χ1) is 5.82. The summed E-state index contributed by atoms with van der Waals surface area (Å²) in [6.45, 7) is 3.99. The Morgan fingerprint density at radius 3 is 2.36 bits per heavy atom. The number of aliphatic hydroxyl groups is 1. The number of nitrogens with one attached hydrogen (secondary N) is 1. The minimum atomic E-state index is -4.57. The Balaban J connectivity index is 0.00000169. The quantitative estimate of drug-likeness (QED) is 0.294. The summed E-state index contributed by atoms with van der Waals surface area (Å²) in [5, 5.41) is 11.8. The van der Waals surface area contributed by atoms with Gasteiger partial charge in [0.05, 0.1) is 6.04 Å². The molecule has 0 aromatic rings. The van der Waals surface area contributed by atoms with Gasteiger partial charge in [-0.3, -0.25) is 0 Å². The molecule has 1 heterocycles. The maximum Gasteiger partial charge on any atom is 1.00 e. The Kier molecular flexibility index (Phi) is 5.56. The fourth-order valence-electron chi connectivity index (χ4n) is 1.37. The second-order valence-corrected chi connectivity index (χ2v) is 5.28. The van der Waals surface area contributed by atoms with Crippen molar-refractivity contribution in [3.63, 3.8) is 0 Å². The van der Waals surface area contributed by atoms with E-state index in [1.54, 1.807) is 0 Å². The molecule has 0 saturated carbocycles. The summed E-state index contributed by atoms with van der Waals surface area (Å²) < 4.78 is 31.2. The van der Waals surface area contributed by atoms with Gasteiger partial charge < -0.3 is 15.0 Å². The van der Waals surface area contributed by atoms with Gasteiger partial charge in [-0.2, -0.15) is 0 Å². The summed E-state index contributed by atoms with van der Waals surface area (Å²) in [7, 11) is -4.57. The molecule has 0 spiro atoms. The molecule has 1 fully saturated rings. The van der Waals surface area contributed by atoms with Crippen LogP contribution in [0.5, 0.6) is 0 Å². The van der Waals surface area contributed by atoms with Gasteiger partial charge in [-0.05, 0) is 12.3 Å². The molecule has 0 amide bonds. The van der Waals surface area contributed by atoms with E-state index in [1.807, 2.05) is 13.8 Å². The molecular formula is C7H14NNaO4S. The molecule has 0 aromatic heterocycles. The first kappa shape index (κ1) is 14.8. The van der Waals surface area contributed by atoms with E-state index in [0.29, 0.717) is 5.92 Å². The van der Waals surface area contributed by atoms with Crippen LogP contribution in [0.1, 0.15) is 20.3 Å². The summed E-state index contributed by atoms with van der Waals surface area (Å²) in [5.41, 5.74) is -1.80. The molecule has 1 unspecified atom stereocenters. The van der Waals surface area contributed by atoms with Crippen LogP contribution < -0.4 is 34.9 Å². The Hall–Kier alpha value is 0.830. The second-order valence-electron chi connectivity index (χ2n) is 3.81. The normalized spacial score (nSPS) is 28.4. The zero-order chi connectivity index (χ0) is 10.2. The van der Waals surface area contributed by atoms with Crippen LogP contribution in [0.2, 0.25) is 0 Å². The standard InChI is InChI=1S/C7H15NO4S.Na/c1-4(2)3-5-6(8-5)7(9)13(10,11)12;/h4-9H,3H2,1-2H3,(H,10,11,12);/q;+1/p-1/t5-,6+,7?;/m1./s1. The Bertz CT molecular complexity index is 279. The van der Waals surface area contributed by atoms with Gasteiger partial charge in [0.2, 0.25) is 0 Å². The van der Waals surface area contributed by atoms with Gasteiger partial charge >= 0.3 is 29.6 Å².